The van der Waals surface area contributed by atoms with Gasteiger partial charge < -0.3 is 34.9 Å². The van der Waals surface area contributed by atoms with Gasteiger partial charge >= 0.3 is 0 Å². The number of likely N-dealkylation sites (tertiary alicyclic amines) is 1. The molecule has 2 saturated heterocycles. The lowest BCUT2D eigenvalue weighted by molar-refractivity contribution is -0.136. The number of carbonyl (C=O) groups is 5. The number of amides is 5. The maximum absolute atomic E-state index is 13.7. The predicted molar refractivity (Wildman–Crippen MR) is 240 cm³/mol. The van der Waals surface area contributed by atoms with E-state index in [1.807, 2.05) is 59.3 Å². The molecular formula is C46H48N12O9. The molecule has 0 aliphatic carbocycles. The van der Waals surface area contributed by atoms with Crippen molar-refractivity contribution in [3.63, 3.8) is 0 Å². The number of nitrogen functional groups attached to an aromatic ring is 1. The monoisotopic (exact) mass is 912 g/mol. The first-order valence-corrected chi connectivity index (χ1v) is 22.1. The third-order valence-corrected chi connectivity index (χ3v) is 11.7. The van der Waals surface area contributed by atoms with E-state index in [-0.39, 0.29) is 41.6 Å². The molecule has 6 aromatic rings. The number of nitrogens with zero attached hydrogens (tertiary/aromatic N) is 9. The predicted octanol–water partition coefficient (Wildman–Crippen LogP) is 3.50. The van der Waals surface area contributed by atoms with Gasteiger partial charge in [0.2, 0.25) is 11.8 Å². The van der Waals surface area contributed by atoms with Gasteiger partial charge in [-0.15, -0.1) is 5.10 Å². The molecule has 2 atom stereocenters. The van der Waals surface area contributed by atoms with Gasteiger partial charge in [-0.2, -0.15) is 5.10 Å². The summed E-state index contributed by atoms with van der Waals surface area (Å²) < 4.78 is 26.4. The second kappa shape index (κ2) is 20.3. The van der Waals surface area contributed by atoms with Crippen LogP contribution in [-0.4, -0.2) is 139 Å². The molecule has 67 heavy (non-hydrogen) atoms. The van der Waals surface area contributed by atoms with Crippen LogP contribution in [0.1, 0.15) is 62.9 Å². The molecule has 5 amide bonds. The van der Waals surface area contributed by atoms with E-state index in [0.29, 0.717) is 99.8 Å². The van der Waals surface area contributed by atoms with Crippen LogP contribution in [0.3, 0.4) is 0 Å². The molecular weight excluding hydrogens is 865 g/mol. The summed E-state index contributed by atoms with van der Waals surface area (Å²) in [6.45, 7) is 3.69. The van der Waals surface area contributed by atoms with Gasteiger partial charge in [0, 0.05) is 37.3 Å². The Morgan fingerprint density at radius 1 is 0.836 bits per heavy atom. The molecule has 1 unspecified atom stereocenters. The summed E-state index contributed by atoms with van der Waals surface area (Å²) in [6, 6.07) is 20.9. The number of anilines is 2. The molecule has 3 aromatic heterocycles. The lowest BCUT2D eigenvalue weighted by atomic mass is 10.0. The van der Waals surface area contributed by atoms with E-state index in [1.54, 1.807) is 34.0 Å². The average Bonchev–Trinajstić information content (AvgIpc) is 4.05. The smallest absolute Gasteiger partial charge is 0.276 e. The number of benzene rings is 3. The summed E-state index contributed by atoms with van der Waals surface area (Å²) in [6.07, 6.45) is 4.73. The van der Waals surface area contributed by atoms with E-state index in [2.05, 4.69) is 30.9 Å². The molecule has 9 rings (SSSR count). The summed E-state index contributed by atoms with van der Waals surface area (Å²) in [4.78, 5) is 75.5. The van der Waals surface area contributed by atoms with Gasteiger partial charge in [-0.25, -0.2) is 19.3 Å². The lowest BCUT2D eigenvalue weighted by Gasteiger charge is -2.32. The molecule has 0 spiro atoms. The molecule has 21 heteroatoms. The quantitative estimate of drug-likeness (QED) is 0.0777. The topological polar surface area (TPSA) is 253 Å². The summed E-state index contributed by atoms with van der Waals surface area (Å²) in [5.41, 5.74) is 9.56. The Morgan fingerprint density at radius 2 is 1.60 bits per heavy atom. The van der Waals surface area contributed by atoms with Crippen LogP contribution < -0.4 is 21.1 Å². The Balaban J connectivity index is 0.681. The van der Waals surface area contributed by atoms with Crippen LogP contribution in [0, 0.1) is 0 Å². The van der Waals surface area contributed by atoms with E-state index in [0.717, 1.165) is 29.1 Å². The molecule has 346 valence electrons. The van der Waals surface area contributed by atoms with E-state index < -0.39 is 29.7 Å². The first-order chi connectivity index (χ1) is 32.7. The van der Waals surface area contributed by atoms with Crippen LogP contribution in [0.25, 0.3) is 22.3 Å². The summed E-state index contributed by atoms with van der Waals surface area (Å²) in [5, 5.41) is 19.3. The lowest BCUT2D eigenvalue weighted by Crippen LogP contribution is -2.54. The zero-order valence-electron chi connectivity index (χ0n) is 36.4. The minimum Gasteiger partial charge on any atom is -0.457 e. The van der Waals surface area contributed by atoms with Crippen molar-refractivity contribution in [3.8, 4) is 22.8 Å². The number of hydrogen-bond acceptors (Lipinski definition) is 16. The molecule has 3 aliphatic heterocycles. The second-order valence-electron chi connectivity index (χ2n) is 16.0. The molecule has 0 radical (unpaired) electrons. The van der Waals surface area contributed by atoms with Crippen molar-refractivity contribution in [2.75, 3.05) is 70.3 Å². The number of ether oxygens (including phenoxy) is 4. The van der Waals surface area contributed by atoms with Crippen LogP contribution in [0.5, 0.6) is 11.5 Å². The summed E-state index contributed by atoms with van der Waals surface area (Å²) in [7, 11) is 0. The van der Waals surface area contributed by atoms with E-state index in [9.17, 15) is 24.0 Å². The fourth-order valence-electron chi connectivity index (χ4n) is 8.38. The third-order valence-electron chi connectivity index (χ3n) is 11.7. The standard InChI is InChI=1S/C46H48N12O9/c47-41-39-40(29-11-13-32(14-12-29)67-31-7-2-1-3-8-31)53-58(42(39)50-28-49-41)30-6-5-18-55(26-30)45(62)35-27-56(54-52-35)19-21-65-23-25-66-24-22-64-20-17-48-34-10-4-9-33-38(34)46(63)57(44(33)61)36-15-16-37(59)51-43(36)60/h1-4,7-14,27-28,30,36,48H,5-6,15-26H2,(H2,47,49,50)(H,51,59,60)/t30-,36?/m1/s1. The molecule has 4 N–H and O–H groups in total. The van der Waals surface area contributed by atoms with Crippen molar-refractivity contribution in [2.24, 2.45) is 0 Å². The van der Waals surface area contributed by atoms with Crippen molar-refractivity contribution in [1.82, 2.24) is 49.9 Å². The van der Waals surface area contributed by atoms with Crippen LogP contribution in [0.15, 0.2) is 85.3 Å². The van der Waals surface area contributed by atoms with Crippen molar-refractivity contribution >= 4 is 52.1 Å². The van der Waals surface area contributed by atoms with Crippen molar-refractivity contribution in [3.05, 3.63) is 102 Å². The number of piperidine rings is 2. The molecule has 0 bridgehead atoms. The Bertz CT molecular complexity index is 2780. The van der Waals surface area contributed by atoms with Crippen molar-refractivity contribution < 1.29 is 42.9 Å². The fourth-order valence-corrected chi connectivity index (χ4v) is 8.38. The van der Waals surface area contributed by atoms with Crippen LogP contribution >= 0.6 is 0 Å². The van der Waals surface area contributed by atoms with Crippen LogP contribution in [-0.2, 0) is 30.3 Å². The first kappa shape index (κ1) is 44.6. The largest absolute Gasteiger partial charge is 0.457 e. The minimum atomic E-state index is -1.03. The summed E-state index contributed by atoms with van der Waals surface area (Å²) in [5.74, 6) is -0.712. The number of nitrogens with two attached hydrogens (primary N) is 1. The molecule has 21 nitrogen and oxygen atoms in total. The van der Waals surface area contributed by atoms with E-state index in [4.69, 9.17) is 29.8 Å². The Kier molecular flexibility index (Phi) is 13.5. The van der Waals surface area contributed by atoms with Gasteiger partial charge in [-0.1, -0.05) is 29.5 Å². The van der Waals surface area contributed by atoms with Crippen molar-refractivity contribution in [2.45, 2.75) is 44.3 Å². The number of fused-ring (bicyclic) bond motifs is 2. The van der Waals surface area contributed by atoms with Gasteiger partial charge in [0.25, 0.3) is 17.7 Å². The first-order valence-electron chi connectivity index (χ1n) is 22.1. The van der Waals surface area contributed by atoms with Gasteiger partial charge in [0.15, 0.2) is 11.3 Å². The number of rotatable bonds is 19. The molecule has 3 aliphatic rings. The van der Waals surface area contributed by atoms with E-state index in [1.165, 1.54) is 6.33 Å². The Morgan fingerprint density at radius 3 is 2.39 bits per heavy atom. The number of imide groups is 2. The highest BCUT2D eigenvalue weighted by Gasteiger charge is 2.45. The normalized spacial score (nSPS) is 17.3. The maximum atomic E-state index is 13.7. The maximum Gasteiger partial charge on any atom is 0.276 e. The Hall–Kier alpha value is -7.62. The molecule has 2 fully saturated rings. The highest BCUT2D eigenvalue weighted by atomic mass is 16.5. The van der Waals surface area contributed by atoms with Gasteiger partial charge in [-0.3, -0.25) is 34.2 Å². The molecule has 0 saturated carbocycles. The zero-order chi connectivity index (χ0) is 46.3. The second-order valence-corrected chi connectivity index (χ2v) is 16.0. The van der Waals surface area contributed by atoms with Crippen LogP contribution in [0.4, 0.5) is 11.5 Å². The number of aromatic nitrogens is 7. The number of hydrogen-bond donors (Lipinski definition) is 3. The number of nitrogens with one attached hydrogen (secondary N) is 2. The Labute approximate surface area is 383 Å². The number of carbonyl (C=O) groups excluding carboxylic acids is 5. The van der Waals surface area contributed by atoms with Gasteiger partial charge in [-0.05, 0) is 67.8 Å². The zero-order valence-corrected chi connectivity index (χ0v) is 36.4. The minimum absolute atomic E-state index is 0.0506. The fraction of sp³-hybridized carbons (Fsp3) is 0.348. The number of para-hydroxylation sites is 1. The molecule has 3 aromatic carbocycles. The van der Waals surface area contributed by atoms with Crippen molar-refractivity contribution in [1.29, 1.82) is 0 Å². The van der Waals surface area contributed by atoms with E-state index >= 15 is 0 Å². The molecule has 6 heterocycles. The average molecular weight is 913 g/mol. The van der Waals surface area contributed by atoms with Crippen LogP contribution in [0.2, 0.25) is 0 Å². The van der Waals surface area contributed by atoms with Gasteiger partial charge in [0.1, 0.15) is 35.4 Å². The van der Waals surface area contributed by atoms with Gasteiger partial charge in [0.05, 0.1) is 74.9 Å². The third kappa shape index (κ3) is 9.83. The summed E-state index contributed by atoms with van der Waals surface area (Å²) >= 11 is 0. The highest BCUT2D eigenvalue weighted by Crippen LogP contribution is 2.36. The SMILES string of the molecule is Nc1ncnc2c1c(-c1ccc(Oc3ccccc3)cc1)nn2[C@@H]1CCCN(C(=O)c2cn(CCOCCOCCOCCNc3cccc4c3C(=O)N(C3CCC(=O)NC3=O)C4=O)nn2)C1. The highest BCUT2D eigenvalue weighted by molar-refractivity contribution is 6.25.